The van der Waals surface area contributed by atoms with Crippen LogP contribution in [0.3, 0.4) is 0 Å². The number of rotatable bonds is 5. The Morgan fingerprint density at radius 2 is 0.929 bits per heavy atom. The molecule has 0 atom stereocenters. The monoisotopic (exact) mass is 574 g/mol. The van der Waals surface area contributed by atoms with Crippen molar-refractivity contribution in [2.45, 2.75) is 0 Å². The molecule has 0 fully saturated rings. The minimum absolute atomic E-state index is 0.872. The van der Waals surface area contributed by atoms with Crippen LogP contribution in [0.15, 0.2) is 131 Å². The van der Waals surface area contributed by atoms with Crippen LogP contribution in [0.4, 0.5) is 0 Å². The van der Waals surface area contributed by atoms with Gasteiger partial charge in [0.05, 0.1) is 33.8 Å². The molecule has 4 aromatic heterocycles. The summed E-state index contributed by atoms with van der Waals surface area (Å²) in [6.07, 6.45) is 3.78. The highest BCUT2D eigenvalue weighted by Gasteiger charge is 2.19. The highest BCUT2D eigenvalue weighted by molar-refractivity contribution is 7.08. The van der Waals surface area contributed by atoms with Gasteiger partial charge in [0, 0.05) is 23.2 Å². The molecule has 0 saturated carbocycles. The molecule has 0 spiro atoms. The van der Waals surface area contributed by atoms with E-state index in [1.165, 1.54) is 43.8 Å². The van der Waals surface area contributed by atoms with Crippen molar-refractivity contribution in [3.63, 3.8) is 0 Å². The predicted octanol–water partition coefficient (Wildman–Crippen LogP) is 10.0. The smallest absolute Gasteiger partial charge is 0.0995 e. The van der Waals surface area contributed by atoms with Crippen molar-refractivity contribution in [1.82, 2.24) is 19.9 Å². The summed E-state index contributed by atoms with van der Waals surface area (Å²) >= 11 is 3.16. The van der Waals surface area contributed by atoms with Crippen molar-refractivity contribution in [3.05, 3.63) is 131 Å². The van der Waals surface area contributed by atoms with Crippen LogP contribution in [0.25, 0.3) is 77.7 Å². The molecular formula is C36H22N4S2. The van der Waals surface area contributed by atoms with Crippen LogP contribution < -0.4 is 0 Å². The molecule has 0 bridgehead atoms. The Hall–Kier alpha value is -5.04. The van der Waals surface area contributed by atoms with Gasteiger partial charge in [-0.2, -0.15) is 0 Å². The molecule has 4 nitrogen and oxygen atoms in total. The Bertz CT molecular complexity index is 2190. The molecule has 0 saturated heterocycles. The van der Waals surface area contributed by atoms with E-state index in [0.29, 0.717) is 0 Å². The minimum Gasteiger partial charge on any atom is -0.255 e. The molecule has 4 heterocycles. The molecule has 0 unspecified atom stereocenters. The zero-order chi connectivity index (χ0) is 27.9. The zero-order valence-corrected chi connectivity index (χ0v) is 23.9. The Labute approximate surface area is 250 Å². The van der Waals surface area contributed by atoms with Crippen molar-refractivity contribution in [2.24, 2.45) is 0 Å². The molecule has 0 N–H and O–H groups in total. The van der Waals surface area contributed by atoms with E-state index in [1.807, 2.05) is 34.2 Å². The van der Waals surface area contributed by atoms with Crippen LogP contribution in [0.5, 0.6) is 0 Å². The van der Waals surface area contributed by atoms with E-state index in [1.54, 1.807) is 22.7 Å². The predicted molar refractivity (Wildman–Crippen MR) is 176 cm³/mol. The third-order valence-electron chi connectivity index (χ3n) is 7.62. The number of hydrogen-bond donors (Lipinski definition) is 0. The van der Waals surface area contributed by atoms with E-state index in [0.717, 1.165) is 33.9 Å². The summed E-state index contributed by atoms with van der Waals surface area (Å²) < 4.78 is 0. The third-order valence-corrected chi connectivity index (χ3v) is 8.79. The maximum Gasteiger partial charge on any atom is 0.0995 e. The molecule has 0 aliphatic carbocycles. The fraction of sp³-hybridized carbons (Fsp3) is 0. The number of benzene rings is 4. The molecule has 0 amide bonds. The summed E-state index contributed by atoms with van der Waals surface area (Å²) in [6, 6.07) is 34.6. The van der Waals surface area contributed by atoms with E-state index in [-0.39, 0.29) is 0 Å². The van der Waals surface area contributed by atoms with Gasteiger partial charge in [-0.25, -0.2) is 9.97 Å². The van der Waals surface area contributed by atoms with E-state index >= 15 is 0 Å². The quantitative estimate of drug-likeness (QED) is 0.192. The molecular weight excluding hydrogens is 553 g/mol. The Balaban J connectivity index is 1.47. The molecule has 0 aliphatic heterocycles. The number of hydrogen-bond acceptors (Lipinski definition) is 6. The van der Waals surface area contributed by atoms with E-state index in [9.17, 15) is 0 Å². The summed E-state index contributed by atoms with van der Waals surface area (Å²) in [7, 11) is 0. The minimum atomic E-state index is 0.872. The van der Waals surface area contributed by atoms with Crippen LogP contribution in [0.1, 0.15) is 0 Å². The number of aromatic nitrogens is 4. The van der Waals surface area contributed by atoms with Crippen molar-refractivity contribution in [3.8, 4) is 56.2 Å². The lowest BCUT2D eigenvalue weighted by Crippen LogP contribution is -1.93. The first-order chi connectivity index (χ1) is 20.8. The number of fused-ring (bicyclic) bond motifs is 2. The highest BCUT2D eigenvalue weighted by Crippen LogP contribution is 2.45. The second-order valence-corrected chi connectivity index (χ2v) is 11.5. The van der Waals surface area contributed by atoms with Gasteiger partial charge in [-0.15, -0.1) is 22.7 Å². The summed E-state index contributed by atoms with van der Waals surface area (Å²) in [5.41, 5.74) is 14.2. The van der Waals surface area contributed by atoms with Gasteiger partial charge in [-0.1, -0.05) is 66.7 Å². The summed E-state index contributed by atoms with van der Waals surface area (Å²) in [5.74, 6) is 0. The first-order valence-corrected chi connectivity index (χ1v) is 15.5. The second-order valence-electron chi connectivity index (χ2n) is 10.0. The van der Waals surface area contributed by atoms with Gasteiger partial charge in [0.1, 0.15) is 0 Å². The lowest BCUT2D eigenvalue weighted by molar-refractivity contribution is 1.28. The van der Waals surface area contributed by atoms with Gasteiger partial charge in [-0.05, 0) is 85.3 Å². The van der Waals surface area contributed by atoms with E-state index < -0.39 is 0 Å². The molecule has 8 rings (SSSR count). The maximum absolute atomic E-state index is 4.66. The highest BCUT2D eigenvalue weighted by atomic mass is 32.1. The first kappa shape index (κ1) is 24.7. The van der Waals surface area contributed by atoms with Crippen LogP contribution in [0.2, 0.25) is 0 Å². The van der Waals surface area contributed by atoms with Crippen molar-refractivity contribution >= 4 is 44.2 Å². The van der Waals surface area contributed by atoms with Crippen LogP contribution >= 0.6 is 22.7 Å². The lowest BCUT2D eigenvalue weighted by Gasteiger charge is -2.19. The van der Waals surface area contributed by atoms with Gasteiger partial charge >= 0.3 is 0 Å². The average molecular weight is 575 g/mol. The average Bonchev–Trinajstić information content (AvgIpc) is 3.80. The topological polar surface area (TPSA) is 51.6 Å². The summed E-state index contributed by atoms with van der Waals surface area (Å²) in [5, 5.41) is 8.84. The lowest BCUT2D eigenvalue weighted by atomic mass is 9.85. The summed E-state index contributed by atoms with van der Waals surface area (Å²) in [6.45, 7) is 0. The van der Waals surface area contributed by atoms with Crippen LogP contribution in [-0.2, 0) is 0 Å². The summed E-state index contributed by atoms with van der Waals surface area (Å²) in [4.78, 5) is 18.4. The molecule has 6 heteroatoms. The fourth-order valence-electron chi connectivity index (χ4n) is 5.74. The van der Waals surface area contributed by atoms with Gasteiger partial charge in [0.25, 0.3) is 0 Å². The fourth-order valence-corrected chi connectivity index (χ4v) is 6.83. The number of nitrogens with zero attached hydrogens (tertiary/aromatic N) is 4. The molecule has 42 heavy (non-hydrogen) atoms. The van der Waals surface area contributed by atoms with Crippen molar-refractivity contribution < 1.29 is 0 Å². The Morgan fingerprint density at radius 1 is 0.381 bits per heavy atom. The van der Waals surface area contributed by atoms with E-state index in [2.05, 4.69) is 117 Å². The Morgan fingerprint density at radius 3 is 1.50 bits per heavy atom. The Kier molecular flexibility index (Phi) is 6.13. The van der Waals surface area contributed by atoms with Gasteiger partial charge < -0.3 is 0 Å². The van der Waals surface area contributed by atoms with E-state index in [4.69, 9.17) is 0 Å². The normalized spacial score (nSPS) is 11.3. The molecule has 0 aliphatic rings. The van der Waals surface area contributed by atoms with Gasteiger partial charge in [0.15, 0.2) is 0 Å². The SMILES string of the molecule is c1ccc(-c2ccc3c(-c4ccnc(-c5cscn5)c4)c4ccccc4c(-c4ccnc(-c5cscn5)c4)c3c2)cc1. The number of thiazole rings is 2. The maximum atomic E-state index is 4.66. The van der Waals surface area contributed by atoms with Gasteiger partial charge in [-0.3, -0.25) is 9.97 Å². The third kappa shape index (κ3) is 4.29. The van der Waals surface area contributed by atoms with Crippen LogP contribution in [0, 0.1) is 0 Å². The molecule has 8 aromatic rings. The molecule has 0 radical (unpaired) electrons. The zero-order valence-electron chi connectivity index (χ0n) is 22.3. The van der Waals surface area contributed by atoms with Crippen molar-refractivity contribution in [1.29, 1.82) is 0 Å². The standard InChI is InChI=1S/C36H22N4S2/c1-2-6-23(7-3-1)24-10-11-29-30(16-24)36(26-13-15-38-32(18-26)34-20-42-22-40-34)28-9-5-4-8-27(28)35(29)25-12-14-37-31(17-25)33-19-41-21-39-33/h1-22H. The second kappa shape index (κ2) is 10.4. The largest absolute Gasteiger partial charge is 0.255 e. The van der Waals surface area contributed by atoms with Crippen LogP contribution in [-0.4, -0.2) is 19.9 Å². The number of pyridine rings is 2. The molecule has 198 valence electrons. The first-order valence-electron chi connectivity index (χ1n) is 13.6. The molecule has 4 aromatic carbocycles. The van der Waals surface area contributed by atoms with Gasteiger partial charge in [0.2, 0.25) is 0 Å². The van der Waals surface area contributed by atoms with Crippen molar-refractivity contribution in [2.75, 3.05) is 0 Å².